The molecule has 102 valence electrons. The Kier molecular flexibility index (Phi) is 6.35. The van der Waals surface area contributed by atoms with Gasteiger partial charge < -0.3 is 10.0 Å². The number of aliphatic hydroxyl groups excluding tert-OH is 1. The number of hydrogen-bond donors (Lipinski definition) is 2. The van der Waals surface area contributed by atoms with E-state index in [1.807, 2.05) is 0 Å². The van der Waals surface area contributed by atoms with Crippen molar-refractivity contribution >= 4 is 10.2 Å². The molecule has 0 atom stereocenters. The van der Waals surface area contributed by atoms with Gasteiger partial charge in [-0.25, -0.2) is 4.72 Å². The van der Waals surface area contributed by atoms with Crippen molar-refractivity contribution in [1.29, 1.82) is 0 Å². The van der Waals surface area contributed by atoms with Crippen LogP contribution in [0.4, 0.5) is 0 Å². The number of rotatable bonds is 8. The molecule has 0 saturated carbocycles. The molecule has 0 aliphatic carbocycles. The first kappa shape index (κ1) is 14.8. The van der Waals surface area contributed by atoms with Crippen molar-refractivity contribution in [3.05, 3.63) is 0 Å². The van der Waals surface area contributed by atoms with Crippen LogP contribution < -0.4 is 4.72 Å². The van der Waals surface area contributed by atoms with Crippen LogP contribution in [-0.4, -0.2) is 69.1 Å². The van der Waals surface area contributed by atoms with E-state index in [2.05, 4.69) is 9.62 Å². The Labute approximate surface area is 104 Å². The highest BCUT2D eigenvalue weighted by molar-refractivity contribution is 7.87. The van der Waals surface area contributed by atoms with Crippen LogP contribution in [0.3, 0.4) is 0 Å². The molecule has 0 radical (unpaired) electrons. The first-order chi connectivity index (χ1) is 8.06. The Hall–Kier alpha value is -0.210. The van der Waals surface area contributed by atoms with Gasteiger partial charge in [0, 0.05) is 33.3 Å². The summed E-state index contributed by atoms with van der Waals surface area (Å²) in [5.74, 6) is 0. The van der Waals surface area contributed by atoms with Gasteiger partial charge in [-0.05, 0) is 32.4 Å². The topological polar surface area (TPSA) is 72.9 Å². The summed E-state index contributed by atoms with van der Waals surface area (Å²) in [5, 5.41) is 8.65. The van der Waals surface area contributed by atoms with Crippen molar-refractivity contribution in [3.63, 3.8) is 0 Å². The fourth-order valence-electron chi connectivity index (χ4n) is 1.86. The third kappa shape index (κ3) is 5.31. The Morgan fingerprint density at radius 3 is 2.59 bits per heavy atom. The lowest BCUT2D eigenvalue weighted by Gasteiger charge is -2.19. The molecule has 2 N–H and O–H groups in total. The van der Waals surface area contributed by atoms with Gasteiger partial charge in [0.05, 0.1) is 0 Å². The van der Waals surface area contributed by atoms with Crippen LogP contribution in [0.2, 0.25) is 0 Å². The van der Waals surface area contributed by atoms with Crippen LogP contribution in [0.5, 0.6) is 0 Å². The van der Waals surface area contributed by atoms with E-state index in [1.54, 1.807) is 0 Å². The summed E-state index contributed by atoms with van der Waals surface area (Å²) in [6.07, 6.45) is 2.88. The normalized spacial score (nSPS) is 18.1. The van der Waals surface area contributed by atoms with Gasteiger partial charge in [0.15, 0.2) is 0 Å². The monoisotopic (exact) mass is 265 g/mol. The molecule has 0 unspecified atom stereocenters. The molecule has 1 aliphatic heterocycles. The van der Waals surface area contributed by atoms with Crippen LogP contribution >= 0.6 is 0 Å². The fourth-order valence-corrected chi connectivity index (χ4v) is 2.80. The molecular weight excluding hydrogens is 242 g/mol. The van der Waals surface area contributed by atoms with E-state index in [4.69, 9.17) is 5.11 Å². The largest absolute Gasteiger partial charge is 0.396 e. The third-order valence-corrected chi connectivity index (χ3v) is 4.52. The maximum absolute atomic E-state index is 11.7. The highest BCUT2D eigenvalue weighted by atomic mass is 32.2. The lowest BCUT2D eigenvalue weighted by molar-refractivity contribution is 0.275. The quantitative estimate of drug-likeness (QED) is 0.604. The average Bonchev–Trinajstić information content (AvgIpc) is 2.78. The third-order valence-electron chi connectivity index (χ3n) is 2.95. The molecule has 1 aliphatic rings. The second-order valence-corrected chi connectivity index (χ2v) is 6.21. The lowest BCUT2D eigenvalue weighted by atomic mass is 10.4. The zero-order valence-corrected chi connectivity index (χ0v) is 11.2. The van der Waals surface area contributed by atoms with Crippen LogP contribution in [0.25, 0.3) is 0 Å². The summed E-state index contributed by atoms with van der Waals surface area (Å²) < 4.78 is 27.3. The van der Waals surface area contributed by atoms with E-state index in [0.29, 0.717) is 19.5 Å². The van der Waals surface area contributed by atoms with Crippen molar-refractivity contribution in [2.24, 2.45) is 0 Å². The molecule has 0 amide bonds. The standard InChI is InChI=1S/C10H23N3O3S/c1-12(6-4-10-14)17(15,16)11-5-9-13-7-2-3-8-13/h11,14H,2-10H2,1H3. The van der Waals surface area contributed by atoms with Gasteiger partial charge in [0.25, 0.3) is 10.2 Å². The molecule has 1 saturated heterocycles. The minimum Gasteiger partial charge on any atom is -0.396 e. The van der Waals surface area contributed by atoms with Gasteiger partial charge in [-0.15, -0.1) is 0 Å². The highest BCUT2D eigenvalue weighted by Crippen LogP contribution is 2.05. The maximum atomic E-state index is 11.7. The van der Waals surface area contributed by atoms with Gasteiger partial charge >= 0.3 is 0 Å². The molecule has 17 heavy (non-hydrogen) atoms. The molecule has 6 nitrogen and oxygen atoms in total. The minimum atomic E-state index is -3.38. The van der Waals surface area contributed by atoms with Crippen molar-refractivity contribution < 1.29 is 13.5 Å². The predicted octanol–water partition coefficient (Wildman–Crippen LogP) is -0.769. The zero-order valence-electron chi connectivity index (χ0n) is 10.4. The van der Waals surface area contributed by atoms with E-state index in [-0.39, 0.29) is 6.61 Å². The van der Waals surface area contributed by atoms with E-state index in [9.17, 15) is 8.42 Å². The molecule has 1 fully saturated rings. The van der Waals surface area contributed by atoms with Crippen LogP contribution in [0.1, 0.15) is 19.3 Å². The second-order valence-electron chi connectivity index (χ2n) is 4.35. The molecule has 0 aromatic rings. The Bertz CT molecular complexity index is 302. The molecule has 0 aromatic carbocycles. The van der Waals surface area contributed by atoms with E-state index in [0.717, 1.165) is 19.6 Å². The molecule has 7 heteroatoms. The summed E-state index contributed by atoms with van der Waals surface area (Å²) in [6.45, 7) is 3.71. The fraction of sp³-hybridized carbons (Fsp3) is 1.00. The molecule has 1 heterocycles. The lowest BCUT2D eigenvalue weighted by Crippen LogP contribution is -2.42. The predicted molar refractivity (Wildman–Crippen MR) is 66.9 cm³/mol. The second kappa shape index (κ2) is 7.27. The van der Waals surface area contributed by atoms with Gasteiger partial charge in [-0.2, -0.15) is 12.7 Å². The summed E-state index contributed by atoms with van der Waals surface area (Å²) in [4.78, 5) is 2.26. The maximum Gasteiger partial charge on any atom is 0.279 e. The summed E-state index contributed by atoms with van der Waals surface area (Å²) in [5.41, 5.74) is 0. The number of hydrogen-bond acceptors (Lipinski definition) is 4. The Balaban J connectivity index is 2.23. The van der Waals surface area contributed by atoms with Crippen LogP contribution in [0.15, 0.2) is 0 Å². The minimum absolute atomic E-state index is 0.00758. The van der Waals surface area contributed by atoms with E-state index >= 15 is 0 Å². The van der Waals surface area contributed by atoms with Crippen LogP contribution in [0, 0.1) is 0 Å². The van der Waals surface area contributed by atoms with Gasteiger partial charge in [0.1, 0.15) is 0 Å². The van der Waals surface area contributed by atoms with Gasteiger partial charge in [0.2, 0.25) is 0 Å². The van der Waals surface area contributed by atoms with Crippen molar-refractivity contribution in [2.45, 2.75) is 19.3 Å². The smallest absolute Gasteiger partial charge is 0.279 e. The van der Waals surface area contributed by atoms with Crippen LogP contribution in [-0.2, 0) is 10.2 Å². The zero-order chi connectivity index (χ0) is 12.7. The SMILES string of the molecule is CN(CCCO)S(=O)(=O)NCCN1CCCC1. The van der Waals surface area contributed by atoms with Gasteiger partial charge in [-0.1, -0.05) is 0 Å². The summed E-state index contributed by atoms with van der Waals surface area (Å²) >= 11 is 0. The molecular formula is C10H23N3O3S. The molecule has 1 rings (SSSR count). The average molecular weight is 265 g/mol. The molecule has 0 spiro atoms. The summed E-state index contributed by atoms with van der Waals surface area (Å²) in [7, 11) is -1.86. The first-order valence-electron chi connectivity index (χ1n) is 6.10. The Morgan fingerprint density at radius 2 is 2.00 bits per heavy atom. The number of aliphatic hydroxyl groups is 1. The number of likely N-dealkylation sites (tertiary alicyclic amines) is 1. The summed E-state index contributed by atoms with van der Waals surface area (Å²) in [6, 6.07) is 0. The number of nitrogens with zero attached hydrogens (tertiary/aromatic N) is 2. The van der Waals surface area contributed by atoms with Gasteiger partial charge in [-0.3, -0.25) is 0 Å². The molecule has 0 aromatic heterocycles. The first-order valence-corrected chi connectivity index (χ1v) is 7.54. The number of nitrogens with one attached hydrogen (secondary N) is 1. The highest BCUT2D eigenvalue weighted by Gasteiger charge is 2.17. The van der Waals surface area contributed by atoms with Crippen molar-refractivity contribution in [2.75, 3.05) is 46.4 Å². The van der Waals surface area contributed by atoms with Crippen molar-refractivity contribution in [1.82, 2.24) is 13.9 Å². The van der Waals surface area contributed by atoms with E-state index in [1.165, 1.54) is 24.2 Å². The van der Waals surface area contributed by atoms with Crippen molar-refractivity contribution in [3.8, 4) is 0 Å². The molecule has 0 bridgehead atoms. The Morgan fingerprint density at radius 1 is 1.35 bits per heavy atom. The van der Waals surface area contributed by atoms with E-state index < -0.39 is 10.2 Å².